The standard InChI is InChI=1S/C14H24ClO2.3C4H9.Sn/c1-3-5-6-7-8-9-10-12-13(11-4-2)17-14(15)16;3*1-3-4-2;/h13H,2-3,5-12H2,1H3;3*1,3-4H2,2H3;. The fourth-order valence-corrected chi connectivity index (χ4v) is 20.6. The summed E-state index contributed by atoms with van der Waals surface area (Å²) in [6.45, 7) is 13.8. The van der Waals surface area contributed by atoms with Crippen LogP contribution in [0.25, 0.3) is 0 Å². The maximum atomic E-state index is 11.5. The number of hydrogen-bond acceptors (Lipinski definition) is 2. The molecule has 0 aliphatic rings. The Bertz CT molecular complexity index is 417. The fourth-order valence-electron chi connectivity index (χ4n) is 4.60. The minimum absolute atomic E-state index is 0.0703. The zero-order chi connectivity index (χ0) is 22.7. The van der Waals surface area contributed by atoms with Crippen molar-refractivity contribution in [2.24, 2.45) is 0 Å². The van der Waals surface area contributed by atoms with Gasteiger partial charge in [0.25, 0.3) is 0 Å². The van der Waals surface area contributed by atoms with Crippen LogP contribution in [0.3, 0.4) is 0 Å². The Kier molecular flexibility index (Phi) is 20.1. The van der Waals surface area contributed by atoms with Crippen molar-refractivity contribution in [2.45, 2.75) is 143 Å². The van der Waals surface area contributed by atoms with Gasteiger partial charge in [-0.25, -0.2) is 0 Å². The van der Waals surface area contributed by atoms with Gasteiger partial charge in [-0.05, 0) is 0 Å². The van der Waals surface area contributed by atoms with E-state index in [4.69, 9.17) is 16.3 Å². The van der Waals surface area contributed by atoms with Crippen molar-refractivity contribution in [3.8, 4) is 0 Å². The Balaban J connectivity index is 4.99. The zero-order valence-electron chi connectivity index (χ0n) is 20.7. The van der Waals surface area contributed by atoms with E-state index in [1.54, 1.807) is 0 Å². The average Bonchev–Trinajstić information content (AvgIpc) is 2.72. The fraction of sp³-hybridized carbons (Fsp3) is 0.885. The second kappa shape index (κ2) is 19.9. The van der Waals surface area contributed by atoms with Gasteiger partial charge in [0.15, 0.2) is 0 Å². The molecule has 0 aliphatic heterocycles. The third kappa shape index (κ3) is 14.4. The van der Waals surface area contributed by atoms with E-state index in [0.29, 0.717) is 0 Å². The second-order valence-electron chi connectivity index (χ2n) is 9.29. The molecular formula is C26H51ClO2Sn. The van der Waals surface area contributed by atoms with E-state index in [1.165, 1.54) is 93.9 Å². The van der Waals surface area contributed by atoms with Crippen LogP contribution in [-0.4, -0.2) is 29.9 Å². The van der Waals surface area contributed by atoms with Gasteiger partial charge in [-0.3, -0.25) is 0 Å². The Morgan fingerprint density at radius 3 is 1.63 bits per heavy atom. The van der Waals surface area contributed by atoms with Crippen molar-refractivity contribution in [3.05, 3.63) is 10.2 Å². The number of carbonyl (C=O) groups excluding carboxylic acids is 1. The van der Waals surface area contributed by atoms with Crippen LogP contribution in [0.1, 0.15) is 124 Å². The zero-order valence-corrected chi connectivity index (χ0v) is 24.3. The Morgan fingerprint density at radius 1 is 0.767 bits per heavy atom. The molecule has 0 aliphatic carbocycles. The third-order valence-corrected chi connectivity index (χ3v) is 22.8. The molecule has 178 valence electrons. The molecule has 0 aromatic rings. The summed E-state index contributed by atoms with van der Waals surface area (Å²) in [5.41, 5.74) is -0.646. The van der Waals surface area contributed by atoms with Crippen LogP contribution >= 0.6 is 11.6 Å². The van der Waals surface area contributed by atoms with Gasteiger partial charge in [0.05, 0.1) is 0 Å². The van der Waals surface area contributed by atoms with E-state index in [-0.39, 0.29) is 6.10 Å². The van der Waals surface area contributed by atoms with Crippen LogP contribution in [0.4, 0.5) is 4.79 Å². The van der Waals surface area contributed by atoms with Gasteiger partial charge in [-0.2, -0.15) is 0 Å². The van der Waals surface area contributed by atoms with Crippen LogP contribution < -0.4 is 0 Å². The van der Waals surface area contributed by atoms with E-state index in [1.807, 2.05) is 0 Å². The van der Waals surface area contributed by atoms with E-state index < -0.39 is 23.8 Å². The van der Waals surface area contributed by atoms with Gasteiger partial charge in [0, 0.05) is 0 Å². The molecule has 0 amide bonds. The molecule has 0 radical (unpaired) electrons. The molecule has 1 atom stereocenters. The van der Waals surface area contributed by atoms with Gasteiger partial charge in [0.2, 0.25) is 0 Å². The summed E-state index contributed by atoms with van der Waals surface area (Å²) >= 11 is 3.17. The SMILES string of the molecule is C=[C](CC(CCCCCCCCC)OC(=O)Cl)[Sn]([CH2]CCC)([CH2]CCC)[CH2]CCC. The molecule has 0 spiro atoms. The second-order valence-corrected chi connectivity index (χ2v) is 23.2. The summed E-state index contributed by atoms with van der Waals surface area (Å²) in [5.74, 6) is 0. The first-order valence-corrected chi connectivity index (χ1v) is 20.9. The molecule has 30 heavy (non-hydrogen) atoms. The Morgan fingerprint density at radius 2 is 1.20 bits per heavy atom. The molecule has 2 nitrogen and oxygen atoms in total. The van der Waals surface area contributed by atoms with Crippen LogP contribution in [0.5, 0.6) is 0 Å². The molecule has 0 saturated carbocycles. The first-order valence-electron chi connectivity index (χ1n) is 13.0. The molecule has 0 rings (SSSR count). The molecule has 0 aromatic carbocycles. The molecule has 0 aromatic heterocycles. The van der Waals surface area contributed by atoms with Gasteiger partial charge in [-0.1, -0.05) is 0 Å². The van der Waals surface area contributed by atoms with Crippen LogP contribution in [0.15, 0.2) is 10.2 Å². The predicted molar refractivity (Wildman–Crippen MR) is 137 cm³/mol. The quantitative estimate of drug-likeness (QED) is 0.0808. The number of unbranched alkanes of at least 4 members (excludes halogenated alkanes) is 9. The summed E-state index contributed by atoms with van der Waals surface area (Å²) in [7, 11) is 0. The normalized spacial score (nSPS) is 12.7. The molecule has 4 heteroatoms. The van der Waals surface area contributed by atoms with Crippen molar-refractivity contribution in [1.29, 1.82) is 0 Å². The van der Waals surface area contributed by atoms with Gasteiger partial charge in [-0.15, -0.1) is 0 Å². The summed E-state index contributed by atoms with van der Waals surface area (Å²) in [4.78, 5) is 11.5. The maximum absolute atomic E-state index is 11.5. The van der Waals surface area contributed by atoms with Crippen LogP contribution in [0, 0.1) is 0 Å². The van der Waals surface area contributed by atoms with E-state index >= 15 is 0 Å². The van der Waals surface area contributed by atoms with Gasteiger partial charge in [0.1, 0.15) is 0 Å². The number of rotatable bonds is 21. The monoisotopic (exact) mass is 550 g/mol. The number of hydrogen-bond donors (Lipinski definition) is 0. The summed E-state index contributed by atoms with van der Waals surface area (Å²) in [6.07, 6.45) is 18.5. The first kappa shape index (κ1) is 30.3. The van der Waals surface area contributed by atoms with Crippen LogP contribution in [0.2, 0.25) is 13.3 Å². The molecule has 1 unspecified atom stereocenters. The molecular weight excluding hydrogens is 498 g/mol. The Hall–Kier alpha value is 0.299. The summed E-state index contributed by atoms with van der Waals surface area (Å²) in [5, 5.41) is 0. The van der Waals surface area contributed by atoms with Crippen molar-refractivity contribution >= 4 is 35.4 Å². The molecule has 0 saturated heterocycles. The molecule has 0 fully saturated rings. The van der Waals surface area contributed by atoms with Crippen molar-refractivity contribution in [3.63, 3.8) is 0 Å². The van der Waals surface area contributed by atoms with Gasteiger partial charge >= 0.3 is 199 Å². The third-order valence-electron chi connectivity index (χ3n) is 6.64. The van der Waals surface area contributed by atoms with Crippen LogP contribution in [-0.2, 0) is 4.74 Å². The number of halogens is 1. The van der Waals surface area contributed by atoms with Crippen molar-refractivity contribution < 1.29 is 9.53 Å². The topological polar surface area (TPSA) is 26.3 Å². The number of carbonyl (C=O) groups is 1. The van der Waals surface area contributed by atoms with E-state index in [2.05, 4.69) is 34.3 Å². The van der Waals surface area contributed by atoms with Gasteiger partial charge < -0.3 is 0 Å². The van der Waals surface area contributed by atoms with E-state index in [9.17, 15) is 4.79 Å². The molecule has 0 N–H and O–H groups in total. The predicted octanol–water partition coefficient (Wildman–Crippen LogP) is 10.2. The summed E-state index contributed by atoms with van der Waals surface area (Å²) < 4.78 is 11.3. The number of ether oxygens (including phenoxy) is 1. The van der Waals surface area contributed by atoms with E-state index in [0.717, 1.165) is 19.3 Å². The molecule has 0 heterocycles. The minimum atomic E-state index is -2.48. The Labute approximate surface area is 197 Å². The average molecular weight is 550 g/mol. The van der Waals surface area contributed by atoms with Crippen molar-refractivity contribution in [2.75, 3.05) is 0 Å². The summed E-state index contributed by atoms with van der Waals surface area (Å²) in [6, 6.07) is 0. The molecule has 0 bridgehead atoms. The van der Waals surface area contributed by atoms with Crippen molar-refractivity contribution in [1.82, 2.24) is 0 Å². The first-order chi connectivity index (χ1) is 14.5.